The second kappa shape index (κ2) is 6.94. The van der Waals surface area contributed by atoms with Gasteiger partial charge in [0.25, 0.3) is 0 Å². The van der Waals surface area contributed by atoms with Gasteiger partial charge in [0.15, 0.2) is 0 Å². The molecular formula is C20H17ClN2O3. The highest BCUT2D eigenvalue weighted by molar-refractivity contribution is 6.37. The maximum Gasteiger partial charge on any atom is 0.335 e. The number of carboxylic acid groups (broad SMARTS) is 1. The van der Waals surface area contributed by atoms with E-state index in [0.717, 1.165) is 40.8 Å². The van der Waals surface area contributed by atoms with E-state index >= 15 is 0 Å². The molecule has 0 atom stereocenters. The van der Waals surface area contributed by atoms with Gasteiger partial charge in [-0.15, -0.1) is 0 Å². The zero-order valence-corrected chi connectivity index (χ0v) is 14.7. The smallest absolute Gasteiger partial charge is 0.335 e. The number of halogens is 1. The molecule has 0 bridgehead atoms. The lowest BCUT2D eigenvalue weighted by Gasteiger charge is -2.29. The number of ether oxygens (including phenoxy) is 1. The van der Waals surface area contributed by atoms with Crippen molar-refractivity contribution in [2.75, 3.05) is 31.2 Å². The third-order valence-electron chi connectivity index (χ3n) is 4.60. The fourth-order valence-corrected chi connectivity index (χ4v) is 3.53. The Balaban J connectivity index is 1.86. The highest BCUT2D eigenvalue weighted by Crippen LogP contribution is 2.37. The quantitative estimate of drug-likeness (QED) is 0.754. The Morgan fingerprint density at radius 1 is 1.12 bits per heavy atom. The lowest BCUT2D eigenvalue weighted by atomic mass is 9.99. The van der Waals surface area contributed by atoms with Gasteiger partial charge in [-0.1, -0.05) is 35.9 Å². The molecule has 0 radical (unpaired) electrons. The van der Waals surface area contributed by atoms with E-state index in [-0.39, 0.29) is 5.56 Å². The van der Waals surface area contributed by atoms with Gasteiger partial charge >= 0.3 is 5.97 Å². The van der Waals surface area contributed by atoms with Crippen LogP contribution < -0.4 is 4.90 Å². The molecule has 1 aromatic heterocycles. The van der Waals surface area contributed by atoms with Crippen LogP contribution in [-0.2, 0) is 4.74 Å². The lowest BCUT2D eigenvalue weighted by Crippen LogP contribution is -2.36. The molecule has 0 amide bonds. The van der Waals surface area contributed by atoms with Gasteiger partial charge in [-0.3, -0.25) is 0 Å². The summed E-state index contributed by atoms with van der Waals surface area (Å²) in [4.78, 5) is 18.0. The molecule has 5 nitrogen and oxygen atoms in total. The monoisotopic (exact) mass is 368 g/mol. The lowest BCUT2D eigenvalue weighted by molar-refractivity contribution is 0.0697. The number of benzene rings is 2. The summed E-state index contributed by atoms with van der Waals surface area (Å²) in [5, 5.41) is 11.7. The number of aromatic nitrogens is 1. The first-order chi connectivity index (χ1) is 12.6. The van der Waals surface area contributed by atoms with Gasteiger partial charge in [0.2, 0.25) is 0 Å². The van der Waals surface area contributed by atoms with E-state index < -0.39 is 5.97 Å². The number of rotatable bonds is 3. The molecular weight excluding hydrogens is 352 g/mol. The normalized spacial score (nSPS) is 14.6. The molecule has 0 spiro atoms. The van der Waals surface area contributed by atoms with Crippen LogP contribution >= 0.6 is 11.6 Å². The summed E-state index contributed by atoms with van der Waals surface area (Å²) in [5.41, 5.74) is 2.09. The van der Waals surface area contributed by atoms with Gasteiger partial charge < -0.3 is 14.7 Å². The topological polar surface area (TPSA) is 62.7 Å². The number of hydrogen-bond donors (Lipinski definition) is 1. The Hall–Kier alpha value is -2.63. The fourth-order valence-electron chi connectivity index (χ4n) is 3.27. The molecule has 1 saturated heterocycles. The standard InChI is InChI=1S/C20H17ClN2O3/c21-17-3-1-2-15-16(13-4-6-14(7-5-13)20(24)25)12-22-19(18(15)17)23-8-10-26-11-9-23/h1-7,12H,8-11H2,(H,24,25). The van der Waals surface area contributed by atoms with Gasteiger partial charge in [-0.05, 0) is 29.1 Å². The molecule has 26 heavy (non-hydrogen) atoms. The van der Waals surface area contributed by atoms with Crippen molar-refractivity contribution >= 4 is 34.2 Å². The maximum atomic E-state index is 11.1. The van der Waals surface area contributed by atoms with Crippen LogP contribution in [0.4, 0.5) is 5.82 Å². The molecule has 132 valence electrons. The van der Waals surface area contributed by atoms with Crippen molar-refractivity contribution < 1.29 is 14.6 Å². The highest BCUT2D eigenvalue weighted by Gasteiger charge is 2.19. The first kappa shape index (κ1) is 16.8. The largest absolute Gasteiger partial charge is 0.478 e. The van der Waals surface area contributed by atoms with E-state index in [2.05, 4.69) is 4.90 Å². The predicted molar refractivity (Wildman–Crippen MR) is 102 cm³/mol. The average molecular weight is 369 g/mol. The number of carboxylic acids is 1. The second-order valence-corrected chi connectivity index (χ2v) is 6.55. The Morgan fingerprint density at radius 2 is 1.85 bits per heavy atom. The average Bonchev–Trinajstić information content (AvgIpc) is 2.68. The Labute approximate surface area is 155 Å². The molecule has 3 aromatic rings. The van der Waals surface area contributed by atoms with Crippen LogP contribution in [-0.4, -0.2) is 42.4 Å². The third kappa shape index (κ3) is 3.00. The van der Waals surface area contributed by atoms with Gasteiger partial charge in [-0.2, -0.15) is 0 Å². The van der Waals surface area contributed by atoms with Crippen LogP contribution in [0.2, 0.25) is 5.02 Å². The highest BCUT2D eigenvalue weighted by atomic mass is 35.5. The van der Waals surface area contributed by atoms with Crippen LogP contribution in [0.1, 0.15) is 10.4 Å². The van der Waals surface area contributed by atoms with E-state index in [0.29, 0.717) is 18.2 Å². The summed E-state index contributed by atoms with van der Waals surface area (Å²) in [7, 11) is 0. The van der Waals surface area contributed by atoms with Crippen molar-refractivity contribution in [3.63, 3.8) is 0 Å². The zero-order chi connectivity index (χ0) is 18.1. The summed E-state index contributed by atoms with van der Waals surface area (Å²) in [5.74, 6) is -0.0787. The number of aromatic carboxylic acids is 1. The first-order valence-corrected chi connectivity index (χ1v) is 8.76. The van der Waals surface area contributed by atoms with Gasteiger partial charge in [0.05, 0.1) is 23.8 Å². The van der Waals surface area contributed by atoms with E-state index in [9.17, 15) is 4.79 Å². The summed E-state index contributed by atoms with van der Waals surface area (Å²) in [6, 6.07) is 12.6. The number of hydrogen-bond acceptors (Lipinski definition) is 4. The zero-order valence-electron chi connectivity index (χ0n) is 14.0. The first-order valence-electron chi connectivity index (χ1n) is 8.39. The van der Waals surface area contributed by atoms with E-state index in [4.69, 9.17) is 26.4 Å². The van der Waals surface area contributed by atoms with Gasteiger partial charge in [-0.25, -0.2) is 9.78 Å². The molecule has 6 heteroatoms. The molecule has 0 saturated carbocycles. The molecule has 0 aliphatic carbocycles. The number of anilines is 1. The molecule has 1 aliphatic heterocycles. The fraction of sp³-hybridized carbons (Fsp3) is 0.200. The summed E-state index contributed by atoms with van der Waals surface area (Å²) < 4.78 is 5.44. The molecule has 1 N–H and O–H groups in total. The van der Waals surface area contributed by atoms with Crippen LogP contribution in [0.25, 0.3) is 21.9 Å². The number of morpholine rings is 1. The molecule has 4 rings (SSSR count). The van der Waals surface area contributed by atoms with Crippen molar-refractivity contribution in [1.29, 1.82) is 0 Å². The minimum atomic E-state index is -0.940. The summed E-state index contributed by atoms with van der Waals surface area (Å²) in [6.45, 7) is 2.90. The van der Waals surface area contributed by atoms with Crippen molar-refractivity contribution in [3.05, 3.63) is 59.2 Å². The second-order valence-electron chi connectivity index (χ2n) is 6.14. The Morgan fingerprint density at radius 3 is 2.54 bits per heavy atom. The van der Waals surface area contributed by atoms with Crippen LogP contribution in [0, 0.1) is 0 Å². The molecule has 2 heterocycles. The molecule has 1 fully saturated rings. The summed E-state index contributed by atoms with van der Waals surface area (Å²) in [6.07, 6.45) is 1.83. The molecule has 1 aliphatic rings. The SMILES string of the molecule is O=C(O)c1ccc(-c2cnc(N3CCOCC3)c3c(Cl)cccc23)cc1. The number of nitrogens with zero attached hydrogens (tertiary/aromatic N) is 2. The Bertz CT molecular complexity index is 967. The van der Waals surface area contributed by atoms with E-state index in [1.807, 2.05) is 24.4 Å². The predicted octanol–water partition coefficient (Wildman–Crippen LogP) is 4.09. The Kier molecular flexibility index (Phi) is 4.49. The molecule has 0 unspecified atom stereocenters. The van der Waals surface area contributed by atoms with Crippen molar-refractivity contribution in [2.45, 2.75) is 0 Å². The van der Waals surface area contributed by atoms with E-state index in [1.165, 1.54) is 0 Å². The van der Waals surface area contributed by atoms with Crippen LogP contribution in [0.15, 0.2) is 48.7 Å². The summed E-state index contributed by atoms with van der Waals surface area (Å²) >= 11 is 6.53. The van der Waals surface area contributed by atoms with Crippen molar-refractivity contribution in [3.8, 4) is 11.1 Å². The number of pyridine rings is 1. The maximum absolute atomic E-state index is 11.1. The third-order valence-corrected chi connectivity index (χ3v) is 4.91. The molecule has 2 aromatic carbocycles. The van der Waals surface area contributed by atoms with Crippen molar-refractivity contribution in [2.24, 2.45) is 0 Å². The van der Waals surface area contributed by atoms with Crippen LogP contribution in [0.3, 0.4) is 0 Å². The minimum absolute atomic E-state index is 0.258. The minimum Gasteiger partial charge on any atom is -0.478 e. The van der Waals surface area contributed by atoms with Crippen LogP contribution in [0.5, 0.6) is 0 Å². The number of carbonyl (C=O) groups is 1. The van der Waals surface area contributed by atoms with Gasteiger partial charge in [0.1, 0.15) is 5.82 Å². The van der Waals surface area contributed by atoms with Gasteiger partial charge in [0, 0.05) is 30.2 Å². The number of fused-ring (bicyclic) bond motifs is 1. The van der Waals surface area contributed by atoms with E-state index in [1.54, 1.807) is 24.3 Å². The van der Waals surface area contributed by atoms with Crippen molar-refractivity contribution in [1.82, 2.24) is 4.98 Å².